The second-order valence-electron chi connectivity index (χ2n) is 2.97. The van der Waals surface area contributed by atoms with Gasteiger partial charge in [0.25, 0.3) is 0 Å². The standard InChI is InChI=1S/C9H12O5/c1-3-6(2)8(10)12-4-7-5-13-9(11)14-7/h5-6H,3-4H2,1-2H3/t6-/m1/s1. The number of carbonyl (C=O) groups excluding carboxylic acids is 1. The van der Waals surface area contributed by atoms with Crippen LogP contribution in [0.2, 0.25) is 0 Å². The lowest BCUT2D eigenvalue weighted by Gasteiger charge is -2.06. The van der Waals surface area contributed by atoms with Gasteiger partial charge in [0.05, 0.1) is 5.92 Å². The molecular weight excluding hydrogens is 188 g/mol. The maximum atomic E-state index is 11.2. The van der Waals surface area contributed by atoms with Crippen molar-refractivity contribution in [1.29, 1.82) is 0 Å². The van der Waals surface area contributed by atoms with Crippen LogP contribution in [0.5, 0.6) is 0 Å². The summed E-state index contributed by atoms with van der Waals surface area (Å²) in [6, 6.07) is 0. The Morgan fingerprint density at radius 1 is 1.64 bits per heavy atom. The predicted octanol–water partition coefficient (Wildman–Crippen LogP) is 1.32. The highest BCUT2D eigenvalue weighted by molar-refractivity contribution is 5.71. The summed E-state index contributed by atoms with van der Waals surface area (Å²) in [5, 5.41) is 0. The molecule has 0 amide bonds. The SMILES string of the molecule is CC[C@@H](C)C(=O)OCc1coc(=O)o1. The second-order valence-corrected chi connectivity index (χ2v) is 2.97. The molecule has 0 saturated heterocycles. The summed E-state index contributed by atoms with van der Waals surface area (Å²) in [6.45, 7) is 3.60. The van der Waals surface area contributed by atoms with Gasteiger partial charge in [0, 0.05) is 0 Å². The van der Waals surface area contributed by atoms with Gasteiger partial charge in [-0.1, -0.05) is 13.8 Å². The third-order valence-corrected chi connectivity index (χ3v) is 1.87. The zero-order valence-corrected chi connectivity index (χ0v) is 8.11. The highest BCUT2D eigenvalue weighted by atomic mass is 16.6. The Morgan fingerprint density at radius 3 is 2.86 bits per heavy atom. The summed E-state index contributed by atoms with van der Waals surface area (Å²) in [6.07, 6.45) is 1.85. The molecule has 1 aromatic heterocycles. The smallest absolute Gasteiger partial charge is 0.457 e. The lowest BCUT2D eigenvalue weighted by Crippen LogP contribution is -2.13. The second kappa shape index (κ2) is 4.64. The third-order valence-electron chi connectivity index (χ3n) is 1.87. The summed E-state index contributed by atoms with van der Waals surface area (Å²) in [5.41, 5.74) is 0. The van der Waals surface area contributed by atoms with Crippen molar-refractivity contribution in [2.24, 2.45) is 5.92 Å². The molecule has 5 nitrogen and oxygen atoms in total. The number of rotatable bonds is 4. The van der Waals surface area contributed by atoms with Crippen molar-refractivity contribution in [3.05, 3.63) is 22.6 Å². The molecule has 1 atom stereocenters. The molecule has 0 aliphatic rings. The highest BCUT2D eigenvalue weighted by Gasteiger charge is 2.13. The minimum atomic E-state index is -0.792. The lowest BCUT2D eigenvalue weighted by atomic mass is 10.1. The Kier molecular flexibility index (Phi) is 3.50. The summed E-state index contributed by atoms with van der Waals surface area (Å²) < 4.78 is 13.8. The minimum Gasteiger partial charge on any atom is -0.457 e. The topological polar surface area (TPSA) is 69.7 Å². The number of hydrogen-bond donors (Lipinski definition) is 0. The number of esters is 1. The molecule has 0 unspecified atom stereocenters. The first kappa shape index (κ1) is 10.6. The molecule has 5 heteroatoms. The molecule has 0 bridgehead atoms. The van der Waals surface area contributed by atoms with Crippen molar-refractivity contribution >= 4 is 5.97 Å². The highest BCUT2D eigenvalue weighted by Crippen LogP contribution is 2.06. The van der Waals surface area contributed by atoms with Gasteiger partial charge >= 0.3 is 11.8 Å². The van der Waals surface area contributed by atoms with Crippen LogP contribution in [0.3, 0.4) is 0 Å². The summed E-state index contributed by atoms with van der Waals surface area (Å²) in [7, 11) is 0. The van der Waals surface area contributed by atoms with E-state index in [1.165, 1.54) is 0 Å². The average Bonchev–Trinajstić information content (AvgIpc) is 2.59. The average molecular weight is 200 g/mol. The van der Waals surface area contributed by atoms with Crippen LogP contribution in [0.15, 0.2) is 19.9 Å². The van der Waals surface area contributed by atoms with E-state index in [1.54, 1.807) is 6.92 Å². The van der Waals surface area contributed by atoms with Crippen LogP contribution in [-0.2, 0) is 16.1 Å². The molecule has 0 fully saturated rings. The quantitative estimate of drug-likeness (QED) is 0.685. The molecule has 0 aliphatic heterocycles. The van der Waals surface area contributed by atoms with E-state index in [-0.39, 0.29) is 24.3 Å². The molecule has 0 N–H and O–H groups in total. The van der Waals surface area contributed by atoms with Gasteiger partial charge in [0.1, 0.15) is 6.26 Å². The Morgan fingerprint density at radius 2 is 2.36 bits per heavy atom. The van der Waals surface area contributed by atoms with Crippen LogP contribution in [0.25, 0.3) is 0 Å². The lowest BCUT2D eigenvalue weighted by molar-refractivity contribution is -0.149. The number of ether oxygens (including phenoxy) is 1. The van der Waals surface area contributed by atoms with E-state index in [2.05, 4.69) is 8.83 Å². The molecule has 14 heavy (non-hydrogen) atoms. The van der Waals surface area contributed by atoms with E-state index < -0.39 is 5.82 Å². The Labute approximate surface area is 80.7 Å². The van der Waals surface area contributed by atoms with Gasteiger partial charge in [0.2, 0.25) is 0 Å². The van der Waals surface area contributed by atoms with Crippen LogP contribution >= 0.6 is 0 Å². The van der Waals surface area contributed by atoms with E-state index in [4.69, 9.17) is 4.74 Å². The van der Waals surface area contributed by atoms with Crippen molar-refractivity contribution < 1.29 is 18.4 Å². The van der Waals surface area contributed by atoms with E-state index in [9.17, 15) is 9.59 Å². The summed E-state index contributed by atoms with van der Waals surface area (Å²) in [4.78, 5) is 21.6. The van der Waals surface area contributed by atoms with Crippen molar-refractivity contribution in [3.8, 4) is 0 Å². The van der Waals surface area contributed by atoms with Crippen molar-refractivity contribution in [1.82, 2.24) is 0 Å². The number of hydrogen-bond acceptors (Lipinski definition) is 5. The largest absolute Gasteiger partial charge is 0.518 e. The molecule has 1 aromatic rings. The monoisotopic (exact) mass is 200 g/mol. The third kappa shape index (κ3) is 2.76. The summed E-state index contributed by atoms with van der Waals surface area (Å²) in [5.74, 6) is -1.03. The molecule has 0 saturated carbocycles. The van der Waals surface area contributed by atoms with Crippen molar-refractivity contribution in [2.45, 2.75) is 26.9 Å². The van der Waals surface area contributed by atoms with Crippen LogP contribution in [0.1, 0.15) is 26.0 Å². The Bertz CT molecular complexity index is 348. The first-order valence-corrected chi connectivity index (χ1v) is 4.37. The molecule has 1 heterocycles. The molecule has 0 aliphatic carbocycles. The van der Waals surface area contributed by atoms with E-state index >= 15 is 0 Å². The van der Waals surface area contributed by atoms with Crippen LogP contribution in [0.4, 0.5) is 0 Å². The first-order valence-electron chi connectivity index (χ1n) is 4.37. The van der Waals surface area contributed by atoms with Gasteiger partial charge in [-0.05, 0) is 6.42 Å². The van der Waals surface area contributed by atoms with E-state index in [0.717, 1.165) is 6.26 Å². The Balaban J connectivity index is 2.41. The van der Waals surface area contributed by atoms with Gasteiger partial charge in [0.15, 0.2) is 12.4 Å². The van der Waals surface area contributed by atoms with Gasteiger partial charge in [-0.25, -0.2) is 4.79 Å². The summed E-state index contributed by atoms with van der Waals surface area (Å²) >= 11 is 0. The molecule has 0 radical (unpaired) electrons. The molecular formula is C9H12O5. The fourth-order valence-corrected chi connectivity index (χ4v) is 0.784. The zero-order chi connectivity index (χ0) is 10.6. The van der Waals surface area contributed by atoms with E-state index in [1.807, 2.05) is 6.92 Å². The fraction of sp³-hybridized carbons (Fsp3) is 0.556. The predicted molar refractivity (Wildman–Crippen MR) is 46.5 cm³/mol. The van der Waals surface area contributed by atoms with Gasteiger partial charge in [-0.2, -0.15) is 0 Å². The molecule has 1 rings (SSSR count). The molecule has 0 aromatic carbocycles. The van der Waals surface area contributed by atoms with Gasteiger partial charge in [-0.15, -0.1) is 0 Å². The zero-order valence-electron chi connectivity index (χ0n) is 8.11. The minimum absolute atomic E-state index is 0.0606. The van der Waals surface area contributed by atoms with Crippen LogP contribution in [0, 0.1) is 5.92 Å². The Hall–Kier alpha value is -1.52. The number of carbonyl (C=O) groups is 1. The van der Waals surface area contributed by atoms with Crippen LogP contribution in [-0.4, -0.2) is 5.97 Å². The molecule has 78 valence electrons. The van der Waals surface area contributed by atoms with Crippen molar-refractivity contribution in [2.75, 3.05) is 0 Å². The molecule has 0 spiro atoms. The van der Waals surface area contributed by atoms with Crippen molar-refractivity contribution in [3.63, 3.8) is 0 Å². The maximum absolute atomic E-state index is 11.2. The maximum Gasteiger partial charge on any atom is 0.518 e. The van der Waals surface area contributed by atoms with Gasteiger partial charge < -0.3 is 13.6 Å². The van der Waals surface area contributed by atoms with Crippen LogP contribution < -0.4 is 5.82 Å². The van der Waals surface area contributed by atoms with Gasteiger partial charge in [-0.3, -0.25) is 4.79 Å². The first-order chi connectivity index (χ1) is 6.63. The fourth-order valence-electron chi connectivity index (χ4n) is 0.784. The van der Waals surface area contributed by atoms with E-state index in [0.29, 0.717) is 6.42 Å². The normalized spacial score (nSPS) is 12.4.